The summed E-state index contributed by atoms with van der Waals surface area (Å²) in [5.41, 5.74) is 2.31. The van der Waals surface area contributed by atoms with Crippen molar-refractivity contribution >= 4 is 17.4 Å². The quantitative estimate of drug-likeness (QED) is 0.689. The Bertz CT molecular complexity index is 912. The molecule has 0 radical (unpaired) electrons. The highest BCUT2D eigenvalue weighted by Crippen LogP contribution is 2.24. The number of aromatic nitrogens is 1. The molecular formula is C24H30N6O. The SMILES string of the molecule is N#Cc1cc(N2CCC[C@H](N[C@@H]3CCCC[C@H]3NC(=O)Nc3ccccc3)C2)ccn1. The van der Waals surface area contributed by atoms with Crippen molar-refractivity contribution in [2.75, 3.05) is 23.3 Å². The molecule has 7 nitrogen and oxygen atoms in total. The fourth-order valence-electron chi connectivity index (χ4n) is 4.69. The van der Waals surface area contributed by atoms with Crippen molar-refractivity contribution in [1.29, 1.82) is 5.26 Å². The Morgan fingerprint density at radius 1 is 1.06 bits per heavy atom. The maximum absolute atomic E-state index is 12.5. The van der Waals surface area contributed by atoms with Crippen molar-refractivity contribution in [1.82, 2.24) is 15.6 Å². The van der Waals surface area contributed by atoms with E-state index in [-0.39, 0.29) is 18.1 Å². The first-order valence-corrected chi connectivity index (χ1v) is 11.2. The van der Waals surface area contributed by atoms with Gasteiger partial charge in [-0.15, -0.1) is 0 Å². The molecule has 1 saturated carbocycles. The number of nitriles is 1. The molecule has 1 saturated heterocycles. The zero-order chi connectivity index (χ0) is 21.5. The van der Waals surface area contributed by atoms with Crippen molar-refractivity contribution in [3.05, 3.63) is 54.4 Å². The first-order chi connectivity index (χ1) is 15.2. The Hall–Kier alpha value is -3.11. The van der Waals surface area contributed by atoms with Crippen molar-refractivity contribution in [3.8, 4) is 6.07 Å². The molecule has 162 valence electrons. The minimum absolute atomic E-state index is 0.124. The van der Waals surface area contributed by atoms with Gasteiger partial charge >= 0.3 is 6.03 Å². The van der Waals surface area contributed by atoms with E-state index in [1.807, 2.05) is 42.5 Å². The second-order valence-corrected chi connectivity index (χ2v) is 8.42. The first-order valence-electron chi connectivity index (χ1n) is 11.2. The highest BCUT2D eigenvalue weighted by Gasteiger charge is 2.30. The second-order valence-electron chi connectivity index (χ2n) is 8.42. The lowest BCUT2D eigenvalue weighted by molar-refractivity contribution is 0.226. The lowest BCUT2D eigenvalue weighted by Crippen LogP contribution is -2.57. The van der Waals surface area contributed by atoms with E-state index in [1.165, 1.54) is 6.42 Å². The summed E-state index contributed by atoms with van der Waals surface area (Å²) in [7, 11) is 0. The van der Waals surface area contributed by atoms with Gasteiger partial charge in [0.15, 0.2) is 0 Å². The number of nitrogens with one attached hydrogen (secondary N) is 3. The van der Waals surface area contributed by atoms with Gasteiger partial charge in [-0.05, 0) is 49.9 Å². The minimum Gasteiger partial charge on any atom is -0.370 e. The number of carbonyl (C=O) groups is 1. The van der Waals surface area contributed by atoms with E-state index in [0.29, 0.717) is 11.7 Å². The maximum Gasteiger partial charge on any atom is 0.319 e. The van der Waals surface area contributed by atoms with Gasteiger partial charge in [0.25, 0.3) is 0 Å². The van der Waals surface area contributed by atoms with Crippen LogP contribution in [0, 0.1) is 11.3 Å². The summed E-state index contributed by atoms with van der Waals surface area (Å²) >= 11 is 0. The number of hydrogen-bond acceptors (Lipinski definition) is 5. The smallest absolute Gasteiger partial charge is 0.319 e. The average molecular weight is 419 g/mol. The van der Waals surface area contributed by atoms with Crippen LogP contribution in [-0.4, -0.2) is 42.2 Å². The minimum atomic E-state index is -0.143. The molecule has 4 rings (SSSR count). The van der Waals surface area contributed by atoms with E-state index >= 15 is 0 Å². The monoisotopic (exact) mass is 418 g/mol. The molecule has 2 aliphatic rings. The number of anilines is 2. The van der Waals surface area contributed by atoms with Crippen LogP contribution in [0.15, 0.2) is 48.7 Å². The maximum atomic E-state index is 12.5. The third-order valence-electron chi connectivity index (χ3n) is 6.21. The number of benzene rings is 1. The predicted octanol–water partition coefficient (Wildman–Crippen LogP) is 3.64. The van der Waals surface area contributed by atoms with Gasteiger partial charge in [0.1, 0.15) is 11.8 Å². The molecule has 2 amide bonds. The van der Waals surface area contributed by atoms with Gasteiger partial charge in [0.2, 0.25) is 0 Å². The largest absolute Gasteiger partial charge is 0.370 e. The van der Waals surface area contributed by atoms with Gasteiger partial charge in [-0.1, -0.05) is 31.0 Å². The number of nitrogens with zero attached hydrogens (tertiary/aromatic N) is 3. The highest BCUT2D eigenvalue weighted by atomic mass is 16.2. The molecule has 2 aromatic rings. The van der Waals surface area contributed by atoms with Crippen LogP contribution in [0.2, 0.25) is 0 Å². The molecule has 0 bridgehead atoms. The van der Waals surface area contributed by atoms with Crippen molar-refractivity contribution < 1.29 is 4.79 Å². The highest BCUT2D eigenvalue weighted by molar-refractivity contribution is 5.89. The number of rotatable bonds is 5. The lowest BCUT2D eigenvalue weighted by atomic mass is 9.89. The number of amides is 2. The molecule has 31 heavy (non-hydrogen) atoms. The van der Waals surface area contributed by atoms with Crippen LogP contribution in [-0.2, 0) is 0 Å². The molecule has 0 spiro atoms. The Balaban J connectivity index is 1.35. The van der Waals surface area contributed by atoms with E-state index in [9.17, 15) is 4.79 Å². The van der Waals surface area contributed by atoms with Crippen LogP contribution >= 0.6 is 0 Å². The molecular weight excluding hydrogens is 388 g/mol. The third-order valence-corrected chi connectivity index (χ3v) is 6.21. The molecule has 3 atom stereocenters. The van der Waals surface area contributed by atoms with E-state index in [2.05, 4.69) is 31.9 Å². The van der Waals surface area contributed by atoms with Crippen LogP contribution in [0.3, 0.4) is 0 Å². The number of piperidine rings is 1. The third kappa shape index (κ3) is 5.74. The molecule has 0 unspecified atom stereocenters. The van der Waals surface area contributed by atoms with E-state index < -0.39 is 0 Å². The molecule has 7 heteroatoms. The standard InChI is InChI=1S/C24H30N6O/c25-16-20-15-21(12-13-26-20)30-14-6-9-19(17-30)27-22-10-4-5-11-23(22)29-24(31)28-18-7-2-1-3-8-18/h1-3,7-8,12-13,15,19,22-23,27H,4-6,9-11,14,17H2,(H2,28,29,31)/t19-,22+,23+/m0/s1. The molecule has 1 aliphatic heterocycles. The number of carbonyl (C=O) groups excluding carboxylic acids is 1. The van der Waals surface area contributed by atoms with E-state index in [4.69, 9.17) is 5.26 Å². The van der Waals surface area contributed by atoms with Crippen molar-refractivity contribution in [3.63, 3.8) is 0 Å². The van der Waals surface area contributed by atoms with Gasteiger partial charge in [-0.3, -0.25) is 0 Å². The summed E-state index contributed by atoms with van der Waals surface area (Å²) in [5.74, 6) is 0. The van der Waals surface area contributed by atoms with Gasteiger partial charge < -0.3 is 20.9 Å². The average Bonchev–Trinajstić information content (AvgIpc) is 2.81. The van der Waals surface area contributed by atoms with Crippen LogP contribution in [0.1, 0.15) is 44.2 Å². The Kier molecular flexibility index (Phi) is 7.00. The fourth-order valence-corrected chi connectivity index (χ4v) is 4.69. The zero-order valence-corrected chi connectivity index (χ0v) is 17.8. The molecule has 2 fully saturated rings. The topological polar surface area (TPSA) is 93.1 Å². The Morgan fingerprint density at radius 2 is 1.87 bits per heavy atom. The summed E-state index contributed by atoms with van der Waals surface area (Å²) in [6.07, 6.45) is 8.30. The van der Waals surface area contributed by atoms with Crippen LogP contribution in [0.4, 0.5) is 16.2 Å². The summed E-state index contributed by atoms with van der Waals surface area (Å²) in [5, 5.41) is 19.1. The van der Waals surface area contributed by atoms with Gasteiger partial charge in [-0.2, -0.15) is 5.26 Å². The summed E-state index contributed by atoms with van der Waals surface area (Å²) in [4.78, 5) is 18.9. The normalized spacial score (nSPS) is 23.6. The summed E-state index contributed by atoms with van der Waals surface area (Å²) in [6.45, 7) is 1.88. The van der Waals surface area contributed by atoms with Crippen LogP contribution in [0.25, 0.3) is 0 Å². The van der Waals surface area contributed by atoms with Gasteiger partial charge in [0, 0.05) is 48.8 Å². The van der Waals surface area contributed by atoms with Crippen LogP contribution in [0.5, 0.6) is 0 Å². The molecule has 1 aromatic carbocycles. The fraction of sp³-hybridized carbons (Fsp3) is 0.458. The Labute approximate surface area is 183 Å². The van der Waals surface area contributed by atoms with Crippen molar-refractivity contribution in [2.24, 2.45) is 0 Å². The molecule has 2 heterocycles. The molecule has 3 N–H and O–H groups in total. The summed E-state index contributed by atoms with van der Waals surface area (Å²) < 4.78 is 0. The number of pyridine rings is 1. The van der Waals surface area contributed by atoms with Gasteiger partial charge in [0.05, 0.1) is 0 Å². The molecule has 1 aliphatic carbocycles. The van der Waals surface area contributed by atoms with E-state index in [0.717, 1.165) is 56.6 Å². The zero-order valence-electron chi connectivity index (χ0n) is 17.8. The Morgan fingerprint density at radius 3 is 2.68 bits per heavy atom. The number of urea groups is 1. The lowest BCUT2D eigenvalue weighted by Gasteiger charge is -2.40. The van der Waals surface area contributed by atoms with E-state index in [1.54, 1.807) is 6.20 Å². The predicted molar refractivity (Wildman–Crippen MR) is 122 cm³/mol. The molecule has 1 aromatic heterocycles. The first kappa shape index (κ1) is 21.1. The van der Waals surface area contributed by atoms with Crippen LogP contribution < -0.4 is 20.9 Å². The number of hydrogen-bond donors (Lipinski definition) is 3. The summed E-state index contributed by atoms with van der Waals surface area (Å²) in [6, 6.07) is 16.1. The van der Waals surface area contributed by atoms with Gasteiger partial charge in [-0.25, -0.2) is 9.78 Å². The number of para-hydroxylation sites is 1. The second kappa shape index (κ2) is 10.3. The van der Waals surface area contributed by atoms with Crippen molar-refractivity contribution in [2.45, 2.75) is 56.7 Å².